The minimum absolute atomic E-state index is 0.00306. The number of carbonyl (C=O) groups excluding carboxylic acids is 3. The van der Waals surface area contributed by atoms with E-state index in [1.54, 1.807) is 17.0 Å². The third kappa shape index (κ3) is 3.67. The summed E-state index contributed by atoms with van der Waals surface area (Å²) < 4.78 is 4.81. The van der Waals surface area contributed by atoms with Gasteiger partial charge in [-0.15, -0.1) is 0 Å². The molecule has 144 valence electrons. The fraction of sp³-hybridized carbons (Fsp3) is 0.450. The molecular formula is C20H25N3O4. The summed E-state index contributed by atoms with van der Waals surface area (Å²) in [6.45, 7) is 6.29. The van der Waals surface area contributed by atoms with E-state index in [0.29, 0.717) is 25.1 Å². The number of benzene rings is 1. The number of methoxy groups -OCH3 is 1. The standard InChI is InChI=1S/C20H25N3O4/c1-11(2)18(21-12(3)24)19(25)23-8-7-17-15(10-23)14-9-13(20(26)27-4)5-6-16(14)22-17/h5-6,9,11,18,22H,7-8,10H2,1-4H3,(H,21,24). The largest absolute Gasteiger partial charge is 0.465 e. The van der Waals surface area contributed by atoms with Gasteiger partial charge >= 0.3 is 5.97 Å². The van der Waals surface area contributed by atoms with Crippen molar-refractivity contribution in [1.82, 2.24) is 15.2 Å². The lowest BCUT2D eigenvalue weighted by atomic mass is 9.99. The number of hydrogen-bond acceptors (Lipinski definition) is 4. The molecule has 0 spiro atoms. The molecule has 0 saturated carbocycles. The number of aromatic nitrogens is 1. The second kappa shape index (κ2) is 7.42. The van der Waals surface area contributed by atoms with Crippen molar-refractivity contribution in [3.05, 3.63) is 35.0 Å². The number of esters is 1. The number of hydrogen-bond donors (Lipinski definition) is 2. The Morgan fingerprint density at radius 1 is 1.26 bits per heavy atom. The molecule has 1 aliphatic heterocycles. The summed E-state index contributed by atoms with van der Waals surface area (Å²) >= 11 is 0. The number of amides is 2. The Hall–Kier alpha value is -2.83. The third-order valence-corrected chi connectivity index (χ3v) is 5.00. The molecule has 27 heavy (non-hydrogen) atoms. The summed E-state index contributed by atoms with van der Waals surface area (Å²) in [5.74, 6) is -0.684. The molecule has 2 N–H and O–H groups in total. The summed E-state index contributed by atoms with van der Waals surface area (Å²) in [5.41, 5.74) is 3.51. The topological polar surface area (TPSA) is 91.5 Å². The molecule has 7 nitrogen and oxygen atoms in total. The second-order valence-corrected chi connectivity index (χ2v) is 7.27. The van der Waals surface area contributed by atoms with Gasteiger partial charge in [0.2, 0.25) is 11.8 Å². The zero-order chi connectivity index (χ0) is 19.7. The van der Waals surface area contributed by atoms with Gasteiger partial charge in [-0.2, -0.15) is 0 Å². The Bertz CT molecular complexity index is 900. The van der Waals surface area contributed by atoms with Crippen molar-refractivity contribution < 1.29 is 19.1 Å². The average molecular weight is 371 g/mol. The molecule has 0 bridgehead atoms. The Morgan fingerprint density at radius 3 is 2.63 bits per heavy atom. The number of carbonyl (C=O) groups is 3. The maximum atomic E-state index is 13.0. The normalized spacial score (nSPS) is 14.8. The first-order chi connectivity index (χ1) is 12.8. The van der Waals surface area contributed by atoms with Gasteiger partial charge in [-0.25, -0.2) is 4.79 Å². The molecule has 0 fully saturated rings. The fourth-order valence-corrected chi connectivity index (χ4v) is 3.58. The van der Waals surface area contributed by atoms with Crippen molar-refractivity contribution in [2.75, 3.05) is 13.7 Å². The molecule has 2 amide bonds. The van der Waals surface area contributed by atoms with Crippen LogP contribution in [0.4, 0.5) is 0 Å². The number of nitrogens with zero attached hydrogens (tertiary/aromatic N) is 1. The van der Waals surface area contributed by atoms with Crippen molar-refractivity contribution >= 4 is 28.7 Å². The Morgan fingerprint density at radius 2 is 2.00 bits per heavy atom. The van der Waals surface area contributed by atoms with Gasteiger partial charge in [0.25, 0.3) is 0 Å². The van der Waals surface area contributed by atoms with Gasteiger partial charge in [-0.05, 0) is 24.1 Å². The predicted molar refractivity (Wildman–Crippen MR) is 101 cm³/mol. The average Bonchev–Trinajstić information content (AvgIpc) is 3.01. The number of fused-ring (bicyclic) bond motifs is 3. The Labute approximate surface area is 158 Å². The highest BCUT2D eigenvalue weighted by molar-refractivity contribution is 5.96. The summed E-state index contributed by atoms with van der Waals surface area (Å²) in [6.07, 6.45) is 0.703. The van der Waals surface area contributed by atoms with E-state index < -0.39 is 6.04 Å². The lowest BCUT2D eigenvalue weighted by Gasteiger charge is -2.32. The van der Waals surface area contributed by atoms with E-state index in [9.17, 15) is 14.4 Å². The molecular weight excluding hydrogens is 346 g/mol. The lowest BCUT2D eigenvalue weighted by Crippen LogP contribution is -2.51. The Balaban J connectivity index is 1.91. The molecule has 1 atom stereocenters. The van der Waals surface area contributed by atoms with Crippen LogP contribution in [-0.4, -0.2) is 47.4 Å². The first-order valence-corrected chi connectivity index (χ1v) is 9.09. The molecule has 2 heterocycles. The van der Waals surface area contributed by atoms with Crippen LogP contribution in [0.3, 0.4) is 0 Å². The third-order valence-electron chi connectivity index (χ3n) is 5.00. The molecule has 1 aromatic heterocycles. The fourth-order valence-electron chi connectivity index (χ4n) is 3.58. The number of ether oxygens (including phenoxy) is 1. The molecule has 1 unspecified atom stereocenters. The van der Waals surface area contributed by atoms with Crippen LogP contribution in [0.15, 0.2) is 18.2 Å². The van der Waals surface area contributed by atoms with E-state index in [0.717, 1.165) is 22.2 Å². The molecule has 0 saturated heterocycles. The van der Waals surface area contributed by atoms with E-state index in [1.807, 2.05) is 19.9 Å². The highest BCUT2D eigenvalue weighted by Gasteiger charge is 2.31. The Kier molecular flexibility index (Phi) is 5.21. The summed E-state index contributed by atoms with van der Waals surface area (Å²) in [4.78, 5) is 41.5. The minimum Gasteiger partial charge on any atom is -0.465 e. The first-order valence-electron chi connectivity index (χ1n) is 9.09. The number of aromatic amines is 1. The van der Waals surface area contributed by atoms with Gasteiger partial charge in [0.05, 0.1) is 12.7 Å². The van der Waals surface area contributed by atoms with E-state index >= 15 is 0 Å². The van der Waals surface area contributed by atoms with Gasteiger partial charge in [-0.1, -0.05) is 13.8 Å². The van der Waals surface area contributed by atoms with Gasteiger partial charge in [0, 0.05) is 48.6 Å². The van der Waals surface area contributed by atoms with Crippen LogP contribution in [0.25, 0.3) is 10.9 Å². The van der Waals surface area contributed by atoms with Crippen molar-refractivity contribution in [2.45, 2.75) is 39.8 Å². The van der Waals surface area contributed by atoms with Crippen LogP contribution >= 0.6 is 0 Å². The highest BCUT2D eigenvalue weighted by atomic mass is 16.5. The van der Waals surface area contributed by atoms with Crippen LogP contribution in [0.2, 0.25) is 0 Å². The van der Waals surface area contributed by atoms with E-state index in [4.69, 9.17) is 4.74 Å². The summed E-state index contributed by atoms with van der Waals surface area (Å²) in [6, 6.07) is 4.85. The van der Waals surface area contributed by atoms with Crippen molar-refractivity contribution in [2.24, 2.45) is 5.92 Å². The maximum absolute atomic E-state index is 13.0. The molecule has 3 rings (SSSR count). The molecule has 2 aromatic rings. The SMILES string of the molecule is COC(=O)c1ccc2[nH]c3c(c2c1)CN(C(=O)C(NC(C)=O)C(C)C)CC3. The first kappa shape index (κ1) is 18.9. The van der Waals surface area contributed by atoms with Gasteiger partial charge in [0.1, 0.15) is 6.04 Å². The van der Waals surface area contributed by atoms with Crippen LogP contribution in [-0.2, 0) is 27.3 Å². The zero-order valence-electron chi connectivity index (χ0n) is 16.1. The summed E-state index contributed by atoms with van der Waals surface area (Å²) in [5, 5.41) is 3.69. The van der Waals surface area contributed by atoms with Crippen LogP contribution in [0, 0.1) is 5.92 Å². The maximum Gasteiger partial charge on any atom is 0.337 e. The van der Waals surface area contributed by atoms with Crippen LogP contribution in [0.1, 0.15) is 42.4 Å². The minimum atomic E-state index is -0.542. The highest BCUT2D eigenvalue weighted by Crippen LogP contribution is 2.29. The molecule has 1 aliphatic rings. The monoisotopic (exact) mass is 371 g/mol. The van der Waals surface area contributed by atoms with Crippen molar-refractivity contribution in [1.29, 1.82) is 0 Å². The summed E-state index contributed by atoms with van der Waals surface area (Å²) in [7, 11) is 1.35. The quantitative estimate of drug-likeness (QED) is 0.804. The van der Waals surface area contributed by atoms with E-state index in [1.165, 1.54) is 14.0 Å². The van der Waals surface area contributed by atoms with Gasteiger partial charge < -0.3 is 19.9 Å². The van der Waals surface area contributed by atoms with E-state index in [2.05, 4.69) is 10.3 Å². The number of rotatable bonds is 4. The lowest BCUT2D eigenvalue weighted by molar-refractivity contribution is -0.138. The molecule has 7 heteroatoms. The van der Waals surface area contributed by atoms with Crippen molar-refractivity contribution in [3.63, 3.8) is 0 Å². The predicted octanol–water partition coefficient (Wildman–Crippen LogP) is 2.00. The van der Waals surface area contributed by atoms with Gasteiger partial charge in [-0.3, -0.25) is 9.59 Å². The number of nitrogens with one attached hydrogen (secondary N) is 2. The second-order valence-electron chi connectivity index (χ2n) is 7.27. The molecule has 1 aromatic carbocycles. The zero-order valence-corrected chi connectivity index (χ0v) is 16.1. The molecule has 0 aliphatic carbocycles. The van der Waals surface area contributed by atoms with E-state index in [-0.39, 0.29) is 23.7 Å². The van der Waals surface area contributed by atoms with Gasteiger partial charge in [0.15, 0.2) is 0 Å². The number of H-pyrrole nitrogens is 1. The molecule has 0 radical (unpaired) electrons. The van der Waals surface area contributed by atoms with Crippen LogP contribution < -0.4 is 5.32 Å². The van der Waals surface area contributed by atoms with Crippen molar-refractivity contribution in [3.8, 4) is 0 Å². The smallest absolute Gasteiger partial charge is 0.337 e. The van der Waals surface area contributed by atoms with Crippen LogP contribution in [0.5, 0.6) is 0 Å².